The van der Waals surface area contributed by atoms with Gasteiger partial charge in [-0.25, -0.2) is 4.79 Å². The van der Waals surface area contributed by atoms with Crippen molar-refractivity contribution < 1.29 is 14.3 Å². The number of hydrogen-bond acceptors (Lipinski definition) is 3. The standard InChI is InChI=1S/C17H16N4O3/c18-21-20-16(22)15(11-13-7-3-1-4-8-13)19-17(23)24-12-14-9-5-2-6-10-14/h1-10,15H,11-12H2,(H,19,23)/t15-/m0/s1. The number of azide groups is 1. The molecule has 7 nitrogen and oxygen atoms in total. The summed E-state index contributed by atoms with van der Waals surface area (Å²) >= 11 is 0. The van der Waals surface area contributed by atoms with Crippen LogP contribution in [0.1, 0.15) is 11.1 Å². The van der Waals surface area contributed by atoms with Crippen LogP contribution in [0.4, 0.5) is 4.79 Å². The van der Waals surface area contributed by atoms with Gasteiger partial charge in [0.2, 0.25) is 5.91 Å². The van der Waals surface area contributed by atoms with Gasteiger partial charge in [-0.1, -0.05) is 60.7 Å². The van der Waals surface area contributed by atoms with Crippen molar-refractivity contribution in [3.05, 3.63) is 82.2 Å². The van der Waals surface area contributed by atoms with E-state index in [9.17, 15) is 9.59 Å². The Hall–Kier alpha value is -3.31. The number of carbonyl (C=O) groups is 2. The molecule has 122 valence electrons. The Bertz CT molecular complexity index is 728. The molecule has 0 unspecified atom stereocenters. The molecule has 24 heavy (non-hydrogen) atoms. The molecule has 7 heteroatoms. The molecule has 0 aromatic heterocycles. The van der Waals surface area contributed by atoms with E-state index >= 15 is 0 Å². The molecule has 0 radical (unpaired) electrons. The molecule has 2 amide bonds. The molecule has 0 spiro atoms. The lowest BCUT2D eigenvalue weighted by molar-refractivity contribution is -0.119. The lowest BCUT2D eigenvalue weighted by Crippen LogP contribution is -2.41. The number of ether oxygens (including phenoxy) is 1. The van der Waals surface area contributed by atoms with Crippen molar-refractivity contribution in [1.29, 1.82) is 0 Å². The highest BCUT2D eigenvalue weighted by molar-refractivity contribution is 5.86. The van der Waals surface area contributed by atoms with Gasteiger partial charge in [-0.05, 0) is 21.8 Å². The Balaban J connectivity index is 1.97. The molecule has 0 aliphatic rings. The summed E-state index contributed by atoms with van der Waals surface area (Å²) in [5, 5.41) is 5.51. The molecule has 0 heterocycles. The molecule has 2 aromatic rings. The van der Waals surface area contributed by atoms with E-state index in [0.717, 1.165) is 11.1 Å². The van der Waals surface area contributed by atoms with E-state index < -0.39 is 18.0 Å². The Labute approximate surface area is 138 Å². The summed E-state index contributed by atoms with van der Waals surface area (Å²) in [6, 6.07) is 17.3. The van der Waals surface area contributed by atoms with Crippen molar-refractivity contribution >= 4 is 12.0 Å². The van der Waals surface area contributed by atoms with E-state index in [2.05, 4.69) is 15.3 Å². The summed E-state index contributed by atoms with van der Waals surface area (Å²) in [6.07, 6.45) is -0.541. The van der Waals surface area contributed by atoms with Crippen molar-refractivity contribution in [2.24, 2.45) is 5.11 Å². The zero-order valence-corrected chi connectivity index (χ0v) is 12.8. The summed E-state index contributed by atoms with van der Waals surface area (Å²) in [7, 11) is 0. The molecular formula is C17H16N4O3. The summed E-state index contributed by atoms with van der Waals surface area (Å²) in [4.78, 5) is 26.3. The highest BCUT2D eigenvalue weighted by Crippen LogP contribution is 2.06. The SMILES string of the molecule is [N-]=[N+]=NC(=O)[C@H](Cc1ccccc1)NC(=O)OCc1ccccc1. The molecule has 2 aromatic carbocycles. The smallest absolute Gasteiger partial charge is 0.408 e. The van der Waals surface area contributed by atoms with Gasteiger partial charge < -0.3 is 10.1 Å². The number of nitrogens with one attached hydrogen (secondary N) is 1. The van der Waals surface area contributed by atoms with Crippen LogP contribution in [0.2, 0.25) is 0 Å². The third-order valence-electron chi connectivity index (χ3n) is 3.23. The number of rotatable bonds is 6. The molecule has 0 saturated carbocycles. The number of nitrogens with zero attached hydrogens (tertiary/aromatic N) is 3. The predicted octanol–water partition coefficient (Wildman–Crippen LogP) is 3.36. The van der Waals surface area contributed by atoms with Crippen LogP contribution in [0.5, 0.6) is 0 Å². The molecular weight excluding hydrogens is 308 g/mol. The van der Waals surface area contributed by atoms with Crippen LogP contribution in [-0.4, -0.2) is 18.0 Å². The van der Waals surface area contributed by atoms with Crippen LogP contribution in [-0.2, 0) is 22.6 Å². The first-order valence-corrected chi connectivity index (χ1v) is 7.29. The van der Waals surface area contributed by atoms with Gasteiger partial charge in [0, 0.05) is 11.3 Å². The van der Waals surface area contributed by atoms with Crippen molar-refractivity contribution in [2.75, 3.05) is 0 Å². The van der Waals surface area contributed by atoms with Crippen molar-refractivity contribution in [2.45, 2.75) is 19.1 Å². The average Bonchev–Trinajstić information content (AvgIpc) is 2.61. The fraction of sp³-hybridized carbons (Fsp3) is 0.176. The summed E-state index contributed by atoms with van der Waals surface area (Å²) in [5.41, 5.74) is 10.1. The van der Waals surface area contributed by atoms with E-state index in [4.69, 9.17) is 10.3 Å². The van der Waals surface area contributed by atoms with Gasteiger partial charge in [0.25, 0.3) is 0 Å². The Kier molecular flexibility index (Phi) is 6.37. The molecule has 0 fully saturated rings. The van der Waals surface area contributed by atoms with Gasteiger partial charge in [-0.15, -0.1) is 0 Å². The minimum Gasteiger partial charge on any atom is -0.445 e. The molecule has 0 bridgehead atoms. The van der Waals surface area contributed by atoms with E-state index in [-0.39, 0.29) is 13.0 Å². The molecule has 2 rings (SSSR count). The van der Waals surface area contributed by atoms with Gasteiger partial charge in [-0.3, -0.25) is 4.79 Å². The molecule has 1 N–H and O–H groups in total. The van der Waals surface area contributed by atoms with Gasteiger partial charge in [0.1, 0.15) is 12.6 Å². The number of amides is 2. The van der Waals surface area contributed by atoms with Crippen LogP contribution in [0.3, 0.4) is 0 Å². The second-order valence-electron chi connectivity index (χ2n) is 4.98. The normalized spacial score (nSPS) is 11.0. The van der Waals surface area contributed by atoms with E-state index in [1.165, 1.54) is 0 Å². The fourth-order valence-electron chi connectivity index (χ4n) is 2.07. The third kappa shape index (κ3) is 5.47. The quantitative estimate of drug-likeness (QED) is 0.500. The number of hydrogen-bond donors (Lipinski definition) is 1. The van der Waals surface area contributed by atoms with Gasteiger partial charge in [0.05, 0.1) is 0 Å². The molecule has 1 atom stereocenters. The first-order chi connectivity index (χ1) is 11.7. The summed E-state index contributed by atoms with van der Waals surface area (Å²) < 4.78 is 5.09. The third-order valence-corrected chi connectivity index (χ3v) is 3.23. The maximum Gasteiger partial charge on any atom is 0.408 e. The zero-order valence-electron chi connectivity index (χ0n) is 12.8. The number of benzene rings is 2. The van der Waals surface area contributed by atoms with E-state index in [1.807, 2.05) is 60.7 Å². The lowest BCUT2D eigenvalue weighted by atomic mass is 10.1. The second-order valence-corrected chi connectivity index (χ2v) is 4.98. The Morgan fingerprint density at radius 3 is 2.21 bits per heavy atom. The highest BCUT2D eigenvalue weighted by Gasteiger charge is 2.20. The topological polar surface area (TPSA) is 104 Å². The lowest BCUT2D eigenvalue weighted by Gasteiger charge is -2.15. The summed E-state index contributed by atoms with van der Waals surface area (Å²) in [6.45, 7) is 0.0838. The van der Waals surface area contributed by atoms with Gasteiger partial charge in [0.15, 0.2) is 0 Å². The number of carbonyl (C=O) groups excluding carboxylic acids is 2. The molecule has 0 aliphatic heterocycles. The number of alkyl carbamates (subject to hydrolysis) is 1. The monoisotopic (exact) mass is 324 g/mol. The fourth-order valence-corrected chi connectivity index (χ4v) is 2.07. The largest absolute Gasteiger partial charge is 0.445 e. The second kappa shape index (κ2) is 8.97. The van der Waals surface area contributed by atoms with Crippen molar-refractivity contribution in [1.82, 2.24) is 5.32 Å². The maximum atomic E-state index is 11.9. The minimum atomic E-state index is -0.980. The Morgan fingerprint density at radius 2 is 1.62 bits per heavy atom. The van der Waals surface area contributed by atoms with Gasteiger partial charge >= 0.3 is 6.09 Å². The van der Waals surface area contributed by atoms with E-state index in [0.29, 0.717) is 0 Å². The van der Waals surface area contributed by atoms with Crippen molar-refractivity contribution in [3.63, 3.8) is 0 Å². The van der Waals surface area contributed by atoms with Crippen LogP contribution < -0.4 is 5.32 Å². The highest BCUT2D eigenvalue weighted by atomic mass is 16.5. The van der Waals surface area contributed by atoms with Crippen LogP contribution >= 0.6 is 0 Å². The minimum absolute atomic E-state index is 0.0838. The van der Waals surface area contributed by atoms with Crippen LogP contribution in [0.25, 0.3) is 10.4 Å². The predicted molar refractivity (Wildman–Crippen MR) is 87.8 cm³/mol. The molecule has 0 saturated heterocycles. The van der Waals surface area contributed by atoms with Crippen LogP contribution in [0.15, 0.2) is 65.8 Å². The summed E-state index contributed by atoms with van der Waals surface area (Å²) in [5.74, 6) is -0.766. The molecule has 0 aliphatic carbocycles. The first kappa shape index (κ1) is 17.1. The van der Waals surface area contributed by atoms with Gasteiger partial charge in [-0.2, -0.15) is 0 Å². The Morgan fingerprint density at radius 1 is 1.04 bits per heavy atom. The van der Waals surface area contributed by atoms with E-state index in [1.54, 1.807) is 0 Å². The van der Waals surface area contributed by atoms with Crippen molar-refractivity contribution in [3.8, 4) is 0 Å². The maximum absolute atomic E-state index is 11.9. The first-order valence-electron chi connectivity index (χ1n) is 7.29. The zero-order chi connectivity index (χ0) is 17.2. The average molecular weight is 324 g/mol. The van der Waals surface area contributed by atoms with Crippen LogP contribution in [0, 0.1) is 0 Å².